The van der Waals surface area contributed by atoms with Gasteiger partial charge in [-0.25, -0.2) is 9.89 Å². The Morgan fingerprint density at radius 2 is 2.05 bits per heavy atom. The van der Waals surface area contributed by atoms with Crippen LogP contribution >= 0.6 is 11.8 Å². The highest BCUT2D eigenvalue weighted by molar-refractivity contribution is 7.99. The van der Waals surface area contributed by atoms with Crippen molar-refractivity contribution in [3.05, 3.63) is 10.5 Å². The number of ether oxygens (including phenoxy) is 1. The lowest BCUT2D eigenvalue weighted by Gasteiger charge is -2.20. The largest absolute Gasteiger partial charge is 0.465 e. The van der Waals surface area contributed by atoms with E-state index in [0.717, 1.165) is 11.8 Å². The molecule has 0 atom stereocenters. The minimum Gasteiger partial charge on any atom is -0.465 e. The molecule has 1 N–H and O–H groups in total. The summed E-state index contributed by atoms with van der Waals surface area (Å²) >= 11 is 1.13. The molecule has 0 unspecified atom stereocenters. The van der Waals surface area contributed by atoms with Crippen LogP contribution in [0.25, 0.3) is 0 Å². The molecule has 0 aliphatic heterocycles. The molecular formula is C13H21N3O4S. The highest BCUT2D eigenvalue weighted by atomic mass is 32.2. The van der Waals surface area contributed by atoms with E-state index >= 15 is 0 Å². The molecule has 0 bridgehead atoms. The molecule has 21 heavy (non-hydrogen) atoms. The van der Waals surface area contributed by atoms with E-state index in [2.05, 4.69) is 10.2 Å². The number of Topliss-reactive ketones (excluding diaryl/α,β-unsaturated/α-hetero) is 1. The van der Waals surface area contributed by atoms with Gasteiger partial charge in [-0.3, -0.25) is 14.2 Å². The Balaban J connectivity index is 2.78. The van der Waals surface area contributed by atoms with E-state index in [4.69, 9.17) is 4.74 Å². The zero-order chi connectivity index (χ0) is 16.2. The number of ketones is 1. The Morgan fingerprint density at radius 3 is 2.57 bits per heavy atom. The lowest BCUT2D eigenvalue weighted by molar-refractivity contribution is -0.157. The Morgan fingerprint density at radius 1 is 1.43 bits per heavy atom. The van der Waals surface area contributed by atoms with E-state index in [-0.39, 0.29) is 29.9 Å². The molecule has 0 saturated carbocycles. The minimum absolute atomic E-state index is 0.0445. The molecule has 1 heterocycles. The summed E-state index contributed by atoms with van der Waals surface area (Å²) < 4.78 is 6.37. The molecule has 1 rings (SSSR count). The Kier molecular flexibility index (Phi) is 5.77. The van der Waals surface area contributed by atoms with Crippen molar-refractivity contribution in [2.45, 2.75) is 45.8 Å². The molecule has 0 radical (unpaired) electrons. The van der Waals surface area contributed by atoms with Gasteiger partial charge in [0.05, 0.1) is 12.4 Å². The zero-order valence-electron chi connectivity index (χ0n) is 12.9. The summed E-state index contributed by atoms with van der Waals surface area (Å²) in [5.74, 6) is -0.765. The number of aromatic amines is 1. The first kappa shape index (κ1) is 17.5. The van der Waals surface area contributed by atoms with Crippen molar-refractivity contribution in [1.29, 1.82) is 0 Å². The van der Waals surface area contributed by atoms with Gasteiger partial charge in [0.1, 0.15) is 5.41 Å². The van der Waals surface area contributed by atoms with E-state index in [0.29, 0.717) is 5.16 Å². The van der Waals surface area contributed by atoms with Crippen molar-refractivity contribution in [1.82, 2.24) is 14.8 Å². The molecule has 0 aliphatic carbocycles. The maximum absolute atomic E-state index is 12.2. The number of aromatic nitrogens is 3. The number of thioether (sulfide) groups is 1. The molecule has 1 aromatic rings. The van der Waals surface area contributed by atoms with E-state index in [1.54, 1.807) is 6.92 Å². The maximum Gasteiger partial charge on any atom is 0.344 e. The molecule has 0 aliphatic rings. The average Bonchev–Trinajstić information content (AvgIpc) is 2.77. The molecule has 0 spiro atoms. The van der Waals surface area contributed by atoms with Gasteiger partial charge in [0.15, 0.2) is 10.9 Å². The molecule has 8 heteroatoms. The number of H-pyrrole nitrogens is 1. The van der Waals surface area contributed by atoms with Gasteiger partial charge in [-0.2, -0.15) is 0 Å². The summed E-state index contributed by atoms with van der Waals surface area (Å²) in [6.45, 7) is 8.70. The fraction of sp³-hybridized carbons (Fsp3) is 0.692. The fourth-order valence-corrected chi connectivity index (χ4v) is 2.75. The van der Waals surface area contributed by atoms with Crippen LogP contribution in [0.15, 0.2) is 9.95 Å². The second-order valence-electron chi connectivity index (χ2n) is 5.33. The Hall–Kier alpha value is -1.57. The van der Waals surface area contributed by atoms with Gasteiger partial charge in [-0.1, -0.05) is 11.8 Å². The van der Waals surface area contributed by atoms with Crippen LogP contribution in [0, 0.1) is 5.41 Å². The smallest absolute Gasteiger partial charge is 0.344 e. The van der Waals surface area contributed by atoms with Crippen LogP contribution in [0.3, 0.4) is 0 Å². The van der Waals surface area contributed by atoms with Gasteiger partial charge in [-0.05, 0) is 34.6 Å². The van der Waals surface area contributed by atoms with Crippen molar-refractivity contribution >= 4 is 23.5 Å². The fourth-order valence-electron chi connectivity index (χ4n) is 1.58. The number of carbonyl (C=O) groups excluding carboxylic acids is 2. The van der Waals surface area contributed by atoms with Gasteiger partial charge in [0, 0.05) is 6.04 Å². The number of esters is 1. The SMILES string of the molecule is CCOC(=O)C(C)(C)C(=O)CSc1n[nH]c(=O)n1C(C)C. The number of hydrogen-bond donors (Lipinski definition) is 1. The Bertz CT molecular complexity index is 574. The van der Waals surface area contributed by atoms with E-state index in [1.807, 2.05) is 13.8 Å². The summed E-state index contributed by atoms with van der Waals surface area (Å²) in [6.07, 6.45) is 0. The monoisotopic (exact) mass is 315 g/mol. The second-order valence-corrected chi connectivity index (χ2v) is 6.27. The summed E-state index contributed by atoms with van der Waals surface area (Å²) in [7, 11) is 0. The predicted octanol–water partition coefficient (Wildman–Crippen LogP) is 1.40. The van der Waals surface area contributed by atoms with Crippen LogP contribution in [0.1, 0.15) is 40.7 Å². The number of hydrogen-bond acceptors (Lipinski definition) is 6. The maximum atomic E-state index is 12.2. The molecule has 0 aromatic carbocycles. The second kappa shape index (κ2) is 6.93. The van der Waals surface area contributed by atoms with Gasteiger partial charge < -0.3 is 4.74 Å². The van der Waals surface area contributed by atoms with Crippen molar-refractivity contribution in [2.75, 3.05) is 12.4 Å². The third kappa shape index (κ3) is 3.96. The molecule has 0 fully saturated rings. The number of rotatable bonds is 7. The minimum atomic E-state index is -1.21. The first-order valence-electron chi connectivity index (χ1n) is 6.72. The lowest BCUT2D eigenvalue weighted by atomic mass is 9.89. The molecule has 7 nitrogen and oxygen atoms in total. The molecule has 1 aromatic heterocycles. The van der Waals surface area contributed by atoms with Crippen LogP contribution in [0.4, 0.5) is 0 Å². The quantitative estimate of drug-likeness (QED) is 0.464. The first-order chi connectivity index (χ1) is 9.71. The van der Waals surface area contributed by atoms with Crippen molar-refractivity contribution < 1.29 is 14.3 Å². The van der Waals surface area contributed by atoms with E-state index < -0.39 is 11.4 Å². The summed E-state index contributed by atoms with van der Waals surface area (Å²) in [4.78, 5) is 35.6. The third-order valence-corrected chi connectivity index (χ3v) is 3.96. The first-order valence-corrected chi connectivity index (χ1v) is 7.70. The third-order valence-electron chi connectivity index (χ3n) is 3.00. The summed E-state index contributed by atoms with van der Waals surface area (Å²) in [5, 5.41) is 6.68. The Labute approximate surface area is 127 Å². The van der Waals surface area contributed by atoms with Crippen LogP contribution in [0.5, 0.6) is 0 Å². The molecule has 0 amide bonds. The molecule has 118 valence electrons. The van der Waals surface area contributed by atoms with E-state index in [9.17, 15) is 14.4 Å². The van der Waals surface area contributed by atoms with Crippen LogP contribution in [0.2, 0.25) is 0 Å². The summed E-state index contributed by atoms with van der Waals surface area (Å²) in [5.41, 5.74) is -1.52. The van der Waals surface area contributed by atoms with E-state index in [1.165, 1.54) is 18.4 Å². The lowest BCUT2D eigenvalue weighted by Crippen LogP contribution is -2.36. The molecular weight excluding hydrogens is 294 g/mol. The van der Waals surface area contributed by atoms with Gasteiger partial charge in [-0.15, -0.1) is 5.10 Å². The number of nitrogens with zero attached hydrogens (tertiary/aromatic N) is 2. The van der Waals surface area contributed by atoms with Gasteiger partial charge in [0.2, 0.25) is 0 Å². The van der Waals surface area contributed by atoms with Crippen LogP contribution in [-0.2, 0) is 14.3 Å². The summed E-state index contributed by atoms with van der Waals surface area (Å²) in [6, 6.07) is -0.0630. The number of nitrogens with one attached hydrogen (secondary N) is 1. The topological polar surface area (TPSA) is 94.1 Å². The van der Waals surface area contributed by atoms with Crippen molar-refractivity contribution in [2.24, 2.45) is 5.41 Å². The van der Waals surface area contributed by atoms with Crippen molar-refractivity contribution in [3.8, 4) is 0 Å². The standard InChI is InChI=1S/C13H21N3O4S/c1-6-20-10(18)13(4,5)9(17)7-21-12-15-14-11(19)16(12)8(2)3/h8H,6-7H2,1-5H3,(H,14,19). The average molecular weight is 315 g/mol. The molecule has 0 saturated heterocycles. The highest BCUT2D eigenvalue weighted by Gasteiger charge is 2.37. The van der Waals surface area contributed by atoms with Gasteiger partial charge >= 0.3 is 11.7 Å². The zero-order valence-corrected chi connectivity index (χ0v) is 13.7. The van der Waals surface area contributed by atoms with Gasteiger partial charge in [0.25, 0.3) is 0 Å². The van der Waals surface area contributed by atoms with Crippen molar-refractivity contribution in [3.63, 3.8) is 0 Å². The van der Waals surface area contributed by atoms with Crippen LogP contribution in [-0.4, -0.2) is 38.9 Å². The normalized spacial score (nSPS) is 11.7. The van der Waals surface area contributed by atoms with Crippen LogP contribution < -0.4 is 5.69 Å². The highest BCUT2D eigenvalue weighted by Crippen LogP contribution is 2.24. The number of carbonyl (C=O) groups is 2. The predicted molar refractivity (Wildman–Crippen MR) is 79.4 cm³/mol.